The highest BCUT2D eigenvalue weighted by atomic mass is 19.4. The number of benzene rings is 1. The first-order chi connectivity index (χ1) is 13.1. The van der Waals surface area contributed by atoms with Crippen LogP contribution in [0, 0.1) is 18.8 Å². The summed E-state index contributed by atoms with van der Waals surface area (Å²) in [4.78, 5) is 30.2. The van der Waals surface area contributed by atoms with Crippen LogP contribution in [0.1, 0.15) is 22.7 Å². The minimum atomic E-state index is -4.47. The monoisotopic (exact) mass is 395 g/mol. The molecule has 28 heavy (non-hydrogen) atoms. The Bertz CT molecular complexity index is 912. The molecule has 2 atom stereocenters. The van der Waals surface area contributed by atoms with E-state index in [-0.39, 0.29) is 17.9 Å². The highest BCUT2D eigenvalue weighted by Gasteiger charge is 2.44. The second kappa shape index (κ2) is 7.21. The molecule has 0 saturated carbocycles. The largest absolute Gasteiger partial charge is 0.416 e. The average Bonchev–Trinajstić information content (AvgIpc) is 2.92. The van der Waals surface area contributed by atoms with Crippen molar-refractivity contribution in [3.05, 3.63) is 59.2 Å². The Kier molecular flexibility index (Phi) is 5.10. The van der Waals surface area contributed by atoms with E-state index in [2.05, 4.69) is 10.3 Å². The van der Waals surface area contributed by atoms with Gasteiger partial charge < -0.3 is 10.2 Å². The van der Waals surface area contributed by atoms with Gasteiger partial charge in [-0.05, 0) is 36.8 Å². The summed E-state index contributed by atoms with van der Waals surface area (Å²) in [6, 6.07) is 6.85. The zero-order valence-electron chi connectivity index (χ0n) is 15.0. The molecular weight excluding hydrogens is 378 g/mol. The number of aryl methyl sites for hydroxylation is 1. The number of aromatic nitrogens is 1. The molecule has 1 saturated heterocycles. The number of nitrogens with zero attached hydrogens (tertiary/aromatic N) is 2. The summed E-state index contributed by atoms with van der Waals surface area (Å²) in [5, 5.41) is 2.57. The molecule has 2 heterocycles. The van der Waals surface area contributed by atoms with Crippen LogP contribution in [-0.4, -0.2) is 35.3 Å². The summed E-state index contributed by atoms with van der Waals surface area (Å²) >= 11 is 0. The van der Waals surface area contributed by atoms with Crippen molar-refractivity contribution in [2.75, 3.05) is 18.9 Å². The lowest BCUT2D eigenvalue weighted by atomic mass is 9.87. The predicted molar refractivity (Wildman–Crippen MR) is 92.9 cm³/mol. The van der Waals surface area contributed by atoms with E-state index in [9.17, 15) is 27.2 Å². The van der Waals surface area contributed by atoms with Gasteiger partial charge in [0.1, 0.15) is 5.92 Å². The van der Waals surface area contributed by atoms with Gasteiger partial charge in [0, 0.05) is 19.5 Å². The number of anilines is 1. The molecule has 1 aromatic heterocycles. The standard InChI is InChI=1S/C19H17F4N3O2/c1-10-14(7-8-15(20)24-10)25-17(27)16-13(9-26(2)18(16)28)11-3-5-12(6-4-11)19(21,22)23/h3-8,13,16H,9H2,1-2H3,(H,25,27)/t13-,16+/m0/s1. The average molecular weight is 395 g/mol. The van der Waals surface area contributed by atoms with Crippen LogP contribution in [0.25, 0.3) is 0 Å². The van der Waals surface area contributed by atoms with Gasteiger partial charge in [0.15, 0.2) is 0 Å². The number of amides is 2. The van der Waals surface area contributed by atoms with Crippen molar-refractivity contribution in [2.24, 2.45) is 5.92 Å². The lowest BCUT2D eigenvalue weighted by Crippen LogP contribution is -2.33. The van der Waals surface area contributed by atoms with Crippen LogP contribution in [0.15, 0.2) is 36.4 Å². The van der Waals surface area contributed by atoms with E-state index in [1.807, 2.05) is 0 Å². The topological polar surface area (TPSA) is 62.3 Å². The quantitative estimate of drug-likeness (QED) is 0.493. The van der Waals surface area contributed by atoms with Crippen molar-refractivity contribution in [1.82, 2.24) is 9.88 Å². The number of likely N-dealkylation sites (N-methyl/N-ethyl adjacent to an activating group) is 1. The number of carbonyl (C=O) groups excluding carboxylic acids is 2. The Morgan fingerprint density at radius 1 is 1.18 bits per heavy atom. The number of hydrogen-bond donors (Lipinski definition) is 1. The fraction of sp³-hybridized carbons (Fsp3) is 0.316. The SMILES string of the molecule is Cc1nc(F)ccc1NC(=O)[C@@H]1C(=O)N(C)C[C@H]1c1ccc(C(F)(F)F)cc1. The van der Waals surface area contributed by atoms with Crippen LogP contribution in [0.2, 0.25) is 0 Å². The van der Waals surface area contributed by atoms with Crippen molar-refractivity contribution in [3.8, 4) is 0 Å². The van der Waals surface area contributed by atoms with Gasteiger partial charge in [-0.2, -0.15) is 17.6 Å². The molecule has 2 amide bonds. The molecule has 0 radical (unpaired) electrons. The highest BCUT2D eigenvalue weighted by molar-refractivity contribution is 6.08. The third kappa shape index (κ3) is 3.83. The first-order valence-electron chi connectivity index (χ1n) is 8.44. The normalized spacial score (nSPS) is 19.8. The predicted octanol–water partition coefficient (Wildman–Crippen LogP) is 3.36. The van der Waals surface area contributed by atoms with Crippen LogP contribution in [0.3, 0.4) is 0 Å². The number of halogens is 4. The van der Waals surface area contributed by atoms with E-state index in [1.54, 1.807) is 0 Å². The van der Waals surface area contributed by atoms with Crippen molar-refractivity contribution in [2.45, 2.75) is 19.0 Å². The van der Waals surface area contributed by atoms with Crippen LogP contribution < -0.4 is 5.32 Å². The molecule has 3 rings (SSSR count). The van der Waals surface area contributed by atoms with Crippen LogP contribution in [-0.2, 0) is 15.8 Å². The van der Waals surface area contributed by atoms with E-state index in [1.165, 1.54) is 37.1 Å². The Morgan fingerprint density at radius 2 is 1.82 bits per heavy atom. The summed E-state index contributed by atoms with van der Waals surface area (Å²) in [6.07, 6.45) is -4.47. The summed E-state index contributed by atoms with van der Waals surface area (Å²) in [5.74, 6) is -3.46. The number of likely N-dealkylation sites (tertiary alicyclic amines) is 1. The minimum absolute atomic E-state index is 0.197. The second-order valence-corrected chi connectivity index (χ2v) is 6.68. The van der Waals surface area contributed by atoms with E-state index in [4.69, 9.17) is 0 Å². The molecule has 2 aromatic rings. The molecule has 148 valence electrons. The van der Waals surface area contributed by atoms with Crippen molar-refractivity contribution in [3.63, 3.8) is 0 Å². The zero-order chi connectivity index (χ0) is 20.6. The third-order valence-corrected chi connectivity index (χ3v) is 4.77. The molecular formula is C19H17F4N3O2. The van der Waals surface area contributed by atoms with Crippen molar-refractivity contribution in [1.29, 1.82) is 0 Å². The highest BCUT2D eigenvalue weighted by Crippen LogP contribution is 2.36. The summed E-state index contributed by atoms with van der Waals surface area (Å²) < 4.78 is 51.5. The molecule has 0 spiro atoms. The Labute approximate surface area is 158 Å². The molecule has 1 fully saturated rings. The third-order valence-electron chi connectivity index (χ3n) is 4.77. The van der Waals surface area contributed by atoms with E-state index < -0.39 is 41.3 Å². The summed E-state index contributed by atoms with van der Waals surface area (Å²) in [5.41, 5.74) is 0.167. The number of alkyl halides is 3. The number of rotatable bonds is 3. The molecule has 1 aromatic carbocycles. The molecule has 9 heteroatoms. The smallest absolute Gasteiger partial charge is 0.344 e. The van der Waals surface area contributed by atoms with Crippen molar-refractivity contribution < 1.29 is 27.2 Å². The van der Waals surface area contributed by atoms with E-state index >= 15 is 0 Å². The van der Waals surface area contributed by atoms with Crippen LogP contribution in [0.5, 0.6) is 0 Å². The van der Waals surface area contributed by atoms with Crippen LogP contribution >= 0.6 is 0 Å². The first kappa shape index (κ1) is 19.8. The number of hydrogen-bond acceptors (Lipinski definition) is 3. The number of nitrogens with one attached hydrogen (secondary N) is 1. The fourth-order valence-corrected chi connectivity index (χ4v) is 3.28. The molecule has 1 aliphatic heterocycles. The Morgan fingerprint density at radius 3 is 2.39 bits per heavy atom. The van der Waals surface area contributed by atoms with Crippen LogP contribution in [0.4, 0.5) is 23.2 Å². The second-order valence-electron chi connectivity index (χ2n) is 6.68. The molecule has 0 unspecified atom stereocenters. The van der Waals surface area contributed by atoms with Gasteiger partial charge in [-0.15, -0.1) is 0 Å². The summed E-state index contributed by atoms with van der Waals surface area (Å²) in [7, 11) is 1.53. The maximum atomic E-state index is 13.1. The van der Waals surface area contributed by atoms with Crippen molar-refractivity contribution >= 4 is 17.5 Å². The lowest BCUT2D eigenvalue weighted by molar-refractivity contribution is -0.138. The molecule has 0 bridgehead atoms. The molecule has 5 nitrogen and oxygen atoms in total. The van der Waals surface area contributed by atoms with Gasteiger partial charge in [0.2, 0.25) is 17.8 Å². The first-order valence-corrected chi connectivity index (χ1v) is 8.44. The number of pyridine rings is 1. The maximum Gasteiger partial charge on any atom is 0.416 e. The van der Waals surface area contributed by atoms with Gasteiger partial charge in [0.25, 0.3) is 0 Å². The summed E-state index contributed by atoms with van der Waals surface area (Å²) in [6.45, 7) is 1.71. The minimum Gasteiger partial charge on any atom is -0.344 e. The Hall–Kier alpha value is -2.97. The molecule has 1 aliphatic rings. The van der Waals surface area contributed by atoms with E-state index in [0.717, 1.165) is 18.2 Å². The lowest BCUT2D eigenvalue weighted by Gasteiger charge is -2.18. The maximum absolute atomic E-state index is 13.1. The van der Waals surface area contributed by atoms with Gasteiger partial charge >= 0.3 is 6.18 Å². The molecule has 1 N–H and O–H groups in total. The number of carbonyl (C=O) groups is 2. The van der Waals surface area contributed by atoms with Gasteiger partial charge in [-0.1, -0.05) is 12.1 Å². The Balaban J connectivity index is 1.87. The van der Waals surface area contributed by atoms with Gasteiger partial charge in [-0.3, -0.25) is 9.59 Å². The fourth-order valence-electron chi connectivity index (χ4n) is 3.28. The van der Waals surface area contributed by atoms with Gasteiger partial charge in [0.05, 0.1) is 16.9 Å². The zero-order valence-corrected chi connectivity index (χ0v) is 15.0. The van der Waals surface area contributed by atoms with E-state index in [0.29, 0.717) is 5.56 Å². The molecule has 0 aliphatic carbocycles. The van der Waals surface area contributed by atoms with Gasteiger partial charge in [-0.25, -0.2) is 4.98 Å².